The molecule has 2 saturated carbocycles. The number of nitro benzene ring substituents is 1. The standard InChI is InChI=1S/C50H58FN7O10S2/c1-30(2)36-6-4-5-7-37(36)43-29-69(63,64)19-18-57(43)33-24-50(25-33)14-16-56(17-15-50)32-8-9-38(44(20-32)68-34-21-39-40(51)27-53-47(39)52-26-34)48(59)55-70(65,66)35-22-42(58(61)62)46-45(23-35)67-28-41(54-46)31-10-12-49(3,60)13-11-31/h4-9,20-23,26-27,30-31,33,41,43,54,60H,10-19,24-25,28-29H2,1-3H3,(H,52,53)(H,55,59)/t31-,41-,43+,49-/m1/s1. The topological polar surface area (TPSA) is 226 Å². The van der Waals surface area contributed by atoms with E-state index in [-0.39, 0.29) is 93.0 Å². The third-order valence-electron chi connectivity index (χ3n) is 15.6. The van der Waals surface area contributed by atoms with Gasteiger partial charge in [-0.15, -0.1) is 0 Å². The summed E-state index contributed by atoms with van der Waals surface area (Å²) in [6.07, 6.45) is 8.69. The van der Waals surface area contributed by atoms with Gasteiger partial charge in [-0.05, 0) is 105 Å². The van der Waals surface area contributed by atoms with E-state index in [1.807, 2.05) is 12.1 Å². The van der Waals surface area contributed by atoms with Gasteiger partial charge in [-0.2, -0.15) is 0 Å². The fourth-order valence-electron chi connectivity index (χ4n) is 11.5. The van der Waals surface area contributed by atoms with Gasteiger partial charge >= 0.3 is 0 Å². The molecule has 5 aliphatic rings. The van der Waals surface area contributed by atoms with Crippen molar-refractivity contribution < 1.29 is 45.5 Å². The second-order valence-electron chi connectivity index (χ2n) is 20.6. The van der Waals surface area contributed by atoms with Crippen LogP contribution in [0.3, 0.4) is 0 Å². The Hall–Kier alpha value is -5.83. The number of H-pyrrole nitrogens is 1. The molecule has 2 saturated heterocycles. The first kappa shape index (κ1) is 47.8. The molecular weight excluding hydrogens is 942 g/mol. The van der Waals surface area contributed by atoms with Gasteiger partial charge in [0, 0.05) is 61.8 Å². The van der Waals surface area contributed by atoms with E-state index in [9.17, 15) is 41.2 Å². The first-order chi connectivity index (χ1) is 33.3. The van der Waals surface area contributed by atoms with Gasteiger partial charge in [-0.3, -0.25) is 19.8 Å². The predicted octanol–water partition coefficient (Wildman–Crippen LogP) is 7.98. The van der Waals surface area contributed by atoms with Crippen molar-refractivity contribution in [3.8, 4) is 17.2 Å². The number of hydrogen-bond donors (Lipinski definition) is 4. The third-order valence-corrected chi connectivity index (χ3v) is 18.5. The number of halogens is 1. The summed E-state index contributed by atoms with van der Waals surface area (Å²) < 4.78 is 82.9. The third kappa shape index (κ3) is 9.42. The lowest BCUT2D eigenvalue weighted by Crippen LogP contribution is -2.58. The fraction of sp³-hybridized carbons (Fsp3) is 0.480. The Balaban J connectivity index is 0.868. The number of aliphatic hydroxyl groups is 1. The molecule has 20 heteroatoms. The first-order valence-electron chi connectivity index (χ1n) is 24.0. The molecule has 2 atom stereocenters. The number of fused-ring (bicyclic) bond motifs is 2. The number of nitro groups is 1. The van der Waals surface area contributed by atoms with Crippen LogP contribution < -0.4 is 24.4 Å². The van der Waals surface area contributed by atoms with Crippen LogP contribution in [0.15, 0.2) is 78.0 Å². The molecule has 5 heterocycles. The van der Waals surface area contributed by atoms with Gasteiger partial charge in [-0.25, -0.2) is 30.9 Å². The van der Waals surface area contributed by atoms with Gasteiger partial charge in [0.05, 0.1) is 50.1 Å². The average molecular weight is 1000 g/mol. The van der Waals surface area contributed by atoms with E-state index in [2.05, 4.69) is 55.8 Å². The molecule has 4 N–H and O–H groups in total. The van der Waals surface area contributed by atoms with Crippen molar-refractivity contribution in [3.63, 3.8) is 0 Å². The van der Waals surface area contributed by atoms with Crippen molar-refractivity contribution in [1.82, 2.24) is 19.6 Å². The number of anilines is 2. The molecule has 5 aromatic rings. The molecule has 0 unspecified atom stereocenters. The zero-order valence-electron chi connectivity index (χ0n) is 39.3. The monoisotopic (exact) mass is 999 g/mol. The van der Waals surface area contributed by atoms with Crippen LogP contribution in [-0.4, -0.2) is 103 Å². The number of nitrogens with zero attached hydrogens (tertiary/aromatic N) is 4. The molecule has 4 fully saturated rings. The van der Waals surface area contributed by atoms with Crippen molar-refractivity contribution in [2.45, 2.75) is 107 Å². The second-order valence-corrected chi connectivity index (χ2v) is 24.5. The fourth-order valence-corrected chi connectivity index (χ4v) is 14.0. The van der Waals surface area contributed by atoms with Crippen LogP contribution in [0.4, 0.5) is 21.5 Å². The summed E-state index contributed by atoms with van der Waals surface area (Å²) >= 11 is 0. The van der Waals surface area contributed by atoms with Crippen LogP contribution >= 0.6 is 0 Å². The predicted molar refractivity (Wildman–Crippen MR) is 261 cm³/mol. The Kier molecular flexibility index (Phi) is 12.4. The lowest BCUT2D eigenvalue weighted by molar-refractivity contribution is -0.384. The number of amides is 1. The minimum absolute atomic E-state index is 0.0294. The smallest absolute Gasteiger partial charge is 0.297 e. The minimum atomic E-state index is -4.75. The molecule has 70 heavy (non-hydrogen) atoms. The maximum Gasteiger partial charge on any atom is 0.297 e. The summed E-state index contributed by atoms with van der Waals surface area (Å²) in [5.74, 6) is -1.04. The molecule has 2 aliphatic carbocycles. The van der Waals surface area contributed by atoms with E-state index < -0.39 is 52.7 Å². The molecule has 3 aromatic carbocycles. The van der Waals surface area contributed by atoms with Crippen LogP contribution in [0.5, 0.6) is 17.2 Å². The molecule has 1 amide bonds. The molecule has 17 nitrogen and oxygen atoms in total. The van der Waals surface area contributed by atoms with E-state index in [1.165, 1.54) is 23.9 Å². The number of pyridine rings is 1. The van der Waals surface area contributed by atoms with Gasteiger partial charge in [0.25, 0.3) is 21.6 Å². The Labute approximate surface area is 406 Å². The normalized spacial score (nSPS) is 24.6. The minimum Gasteiger partial charge on any atom is -0.489 e. The summed E-state index contributed by atoms with van der Waals surface area (Å²) in [4.78, 5) is 36.9. The summed E-state index contributed by atoms with van der Waals surface area (Å²) in [6, 6.07) is 16.2. The number of benzene rings is 3. The number of piperidine rings is 1. The molecule has 0 bridgehead atoms. The summed E-state index contributed by atoms with van der Waals surface area (Å²) in [6.45, 7) is 8.04. The van der Waals surface area contributed by atoms with Crippen LogP contribution in [0.1, 0.15) is 106 Å². The number of aromatic nitrogens is 2. The number of ether oxygens (including phenoxy) is 2. The first-order valence-corrected chi connectivity index (χ1v) is 27.3. The number of hydrogen-bond acceptors (Lipinski definition) is 14. The van der Waals surface area contributed by atoms with Crippen molar-refractivity contribution in [3.05, 3.63) is 106 Å². The number of rotatable bonds is 11. The molecule has 372 valence electrons. The SMILES string of the molecule is CC(C)c1ccccc1[C@@H]1CS(=O)(=O)CCN1C1CC2(CCN(c3ccc(C(=O)NS(=O)(=O)c4cc5c(c([N+](=O)[O-])c4)N[C@@H]([C@H]4CC[C@](C)(O)CC4)CO5)c(Oc4cnc5[nH]cc(F)c5c4)c3)CC2)C1. The summed E-state index contributed by atoms with van der Waals surface area (Å²) in [5, 5.41) is 26.2. The van der Waals surface area contributed by atoms with Crippen LogP contribution in [-0.2, 0) is 19.9 Å². The van der Waals surface area contributed by atoms with Gasteiger partial charge in [-0.1, -0.05) is 38.1 Å². The number of carbonyl (C=O) groups is 1. The Bertz CT molecular complexity index is 3080. The van der Waals surface area contributed by atoms with Crippen molar-refractivity contribution in [1.29, 1.82) is 0 Å². The number of sulfone groups is 1. The molecule has 3 aliphatic heterocycles. The molecule has 1 spiro atoms. The van der Waals surface area contributed by atoms with Gasteiger partial charge in [0.15, 0.2) is 21.3 Å². The maximum absolute atomic E-state index is 14.7. The highest BCUT2D eigenvalue weighted by atomic mass is 32.2. The molecule has 0 radical (unpaired) electrons. The quantitative estimate of drug-likeness (QED) is 0.0727. The largest absolute Gasteiger partial charge is 0.489 e. The number of aromatic amines is 1. The van der Waals surface area contributed by atoms with E-state index in [1.54, 1.807) is 19.1 Å². The number of carbonyl (C=O) groups excluding carboxylic acids is 1. The highest BCUT2D eigenvalue weighted by molar-refractivity contribution is 7.91. The van der Waals surface area contributed by atoms with Gasteiger partial charge in [0.1, 0.15) is 29.6 Å². The molecule has 10 rings (SSSR count). The van der Waals surface area contributed by atoms with Crippen LogP contribution in [0, 0.1) is 27.3 Å². The zero-order chi connectivity index (χ0) is 49.3. The zero-order valence-corrected chi connectivity index (χ0v) is 41.0. The lowest BCUT2D eigenvalue weighted by atomic mass is 9.59. The second kappa shape index (κ2) is 18.1. The van der Waals surface area contributed by atoms with E-state index in [4.69, 9.17) is 9.47 Å². The molecular formula is C50H58FN7O10S2. The average Bonchev–Trinajstić information content (AvgIpc) is 3.69. The Morgan fingerprint density at radius 1 is 1.06 bits per heavy atom. The van der Waals surface area contributed by atoms with E-state index in [0.717, 1.165) is 49.6 Å². The summed E-state index contributed by atoms with van der Waals surface area (Å²) in [5.41, 5.74) is 1.89. The van der Waals surface area contributed by atoms with Crippen molar-refractivity contribution in [2.75, 3.05) is 48.0 Å². The van der Waals surface area contributed by atoms with Crippen LogP contribution in [0.25, 0.3) is 11.0 Å². The van der Waals surface area contributed by atoms with Crippen molar-refractivity contribution >= 4 is 53.9 Å². The Morgan fingerprint density at radius 2 is 1.80 bits per heavy atom. The summed E-state index contributed by atoms with van der Waals surface area (Å²) in [7, 11) is -7.94. The maximum atomic E-state index is 14.7. The van der Waals surface area contributed by atoms with Gasteiger partial charge in [0.2, 0.25) is 0 Å². The highest BCUT2D eigenvalue weighted by Crippen LogP contribution is 2.54. The number of sulfonamides is 1. The lowest BCUT2D eigenvalue weighted by Gasteiger charge is -2.57. The van der Waals surface area contributed by atoms with Gasteiger partial charge < -0.3 is 29.8 Å². The van der Waals surface area contributed by atoms with Crippen LogP contribution in [0.2, 0.25) is 0 Å². The highest BCUT2D eigenvalue weighted by Gasteiger charge is 2.51. The number of nitrogens with one attached hydrogen (secondary N) is 3. The van der Waals surface area contributed by atoms with E-state index >= 15 is 0 Å². The van der Waals surface area contributed by atoms with Crippen molar-refractivity contribution in [2.24, 2.45) is 11.3 Å². The Morgan fingerprint density at radius 3 is 2.53 bits per heavy atom. The van der Waals surface area contributed by atoms with E-state index in [0.29, 0.717) is 51.0 Å². The molecule has 2 aromatic heterocycles.